The van der Waals surface area contributed by atoms with Gasteiger partial charge >= 0.3 is 6.85 Å². The molecule has 2 heterocycles. The Labute approximate surface area is 177 Å². The molecule has 0 aliphatic carbocycles. The van der Waals surface area contributed by atoms with Crippen molar-refractivity contribution < 1.29 is 0 Å². The molecule has 4 heteroatoms. The van der Waals surface area contributed by atoms with E-state index in [1.165, 1.54) is 11.1 Å². The van der Waals surface area contributed by atoms with Gasteiger partial charge in [-0.1, -0.05) is 90.8 Å². The SMILES string of the molecule is Nc1ccccc1NC1=C(c2ccccc2)N2C=CC=CB2C=C1c1ccccc1. The van der Waals surface area contributed by atoms with Gasteiger partial charge in [0.15, 0.2) is 0 Å². The van der Waals surface area contributed by atoms with Crippen molar-refractivity contribution in [2.24, 2.45) is 0 Å². The summed E-state index contributed by atoms with van der Waals surface area (Å²) in [4.78, 5) is 2.31. The predicted molar refractivity (Wildman–Crippen MR) is 128 cm³/mol. The van der Waals surface area contributed by atoms with E-state index < -0.39 is 0 Å². The molecule has 0 saturated heterocycles. The predicted octanol–water partition coefficient (Wildman–Crippen LogP) is 5.60. The molecule has 0 fully saturated rings. The van der Waals surface area contributed by atoms with E-state index in [-0.39, 0.29) is 6.85 Å². The number of allylic oxidation sites excluding steroid dienone is 3. The van der Waals surface area contributed by atoms with Crippen molar-refractivity contribution in [3.8, 4) is 0 Å². The summed E-state index contributed by atoms with van der Waals surface area (Å²) in [6.07, 6.45) is 6.33. The molecular weight excluding hydrogens is 365 g/mol. The zero-order valence-corrected chi connectivity index (χ0v) is 16.6. The van der Waals surface area contributed by atoms with E-state index in [0.29, 0.717) is 0 Å². The summed E-state index contributed by atoms with van der Waals surface area (Å²) in [5.41, 5.74) is 13.6. The second-order valence-electron chi connectivity index (χ2n) is 7.37. The topological polar surface area (TPSA) is 41.3 Å². The van der Waals surface area contributed by atoms with Gasteiger partial charge < -0.3 is 15.9 Å². The summed E-state index contributed by atoms with van der Waals surface area (Å²) in [6, 6.07) is 28.9. The van der Waals surface area contributed by atoms with Crippen molar-refractivity contribution in [3.05, 3.63) is 132 Å². The zero-order valence-electron chi connectivity index (χ0n) is 16.6. The molecular formula is C26H22BN3. The average molecular weight is 387 g/mol. The van der Waals surface area contributed by atoms with Crippen molar-refractivity contribution in [1.82, 2.24) is 4.81 Å². The van der Waals surface area contributed by atoms with E-state index in [2.05, 4.69) is 89.0 Å². The van der Waals surface area contributed by atoms with Gasteiger partial charge in [0.1, 0.15) is 0 Å². The quantitative estimate of drug-likeness (QED) is 0.452. The second-order valence-corrected chi connectivity index (χ2v) is 7.37. The minimum atomic E-state index is 0.152. The first-order valence-corrected chi connectivity index (χ1v) is 10.1. The molecule has 144 valence electrons. The lowest BCUT2D eigenvalue weighted by Crippen LogP contribution is -2.37. The van der Waals surface area contributed by atoms with Crippen LogP contribution in [0.15, 0.2) is 121 Å². The van der Waals surface area contributed by atoms with Crippen molar-refractivity contribution >= 4 is 29.5 Å². The standard InChI is InChI=1S/C26H22BN3/c28-23-15-7-8-16-24(23)29-25-22(20-11-3-1-4-12-20)19-27-17-9-10-18-30(27)26(25)21-13-5-2-6-14-21/h1-19,29H,28H2. The first-order chi connectivity index (χ1) is 14.8. The first kappa shape index (κ1) is 18.1. The summed E-state index contributed by atoms with van der Waals surface area (Å²) in [7, 11) is 0. The molecule has 3 aromatic rings. The van der Waals surface area contributed by atoms with Gasteiger partial charge in [0.25, 0.3) is 0 Å². The molecule has 0 aromatic heterocycles. The minimum absolute atomic E-state index is 0.152. The molecule has 3 N–H and O–H groups in total. The molecule has 5 rings (SSSR count). The Morgan fingerprint density at radius 1 is 0.733 bits per heavy atom. The van der Waals surface area contributed by atoms with Crippen molar-refractivity contribution in [2.75, 3.05) is 11.1 Å². The number of hydrogen-bond acceptors (Lipinski definition) is 3. The second kappa shape index (κ2) is 7.84. The Bertz CT molecular complexity index is 1180. The summed E-state index contributed by atoms with van der Waals surface area (Å²) >= 11 is 0. The molecule has 0 unspecified atom stereocenters. The van der Waals surface area contributed by atoms with Crippen LogP contribution in [0.25, 0.3) is 11.3 Å². The molecule has 3 nitrogen and oxygen atoms in total. The van der Waals surface area contributed by atoms with E-state index in [1.54, 1.807) is 0 Å². The highest BCUT2D eigenvalue weighted by Crippen LogP contribution is 2.39. The molecule has 0 radical (unpaired) electrons. The summed E-state index contributed by atoms with van der Waals surface area (Å²) in [5.74, 6) is 4.53. The fourth-order valence-electron chi connectivity index (χ4n) is 4.00. The lowest BCUT2D eigenvalue weighted by molar-refractivity contribution is 0.816. The van der Waals surface area contributed by atoms with Crippen LogP contribution in [0.3, 0.4) is 0 Å². The van der Waals surface area contributed by atoms with Gasteiger partial charge in [-0.2, -0.15) is 0 Å². The van der Waals surface area contributed by atoms with Crippen LogP contribution in [-0.4, -0.2) is 11.7 Å². The van der Waals surface area contributed by atoms with Crippen molar-refractivity contribution in [3.63, 3.8) is 0 Å². The highest BCUT2D eigenvalue weighted by atomic mass is 15.1. The van der Waals surface area contributed by atoms with E-state index in [9.17, 15) is 0 Å². The highest BCUT2D eigenvalue weighted by molar-refractivity contribution is 6.70. The zero-order chi connectivity index (χ0) is 20.3. The third-order valence-corrected chi connectivity index (χ3v) is 5.44. The highest BCUT2D eigenvalue weighted by Gasteiger charge is 2.31. The Morgan fingerprint density at radius 3 is 2.13 bits per heavy atom. The van der Waals surface area contributed by atoms with Crippen LogP contribution in [0.2, 0.25) is 0 Å². The van der Waals surface area contributed by atoms with Gasteiger partial charge in [-0.05, 0) is 41.1 Å². The maximum Gasteiger partial charge on any atom is 0.313 e. The van der Waals surface area contributed by atoms with Crippen LogP contribution >= 0.6 is 0 Å². The number of hydrogen-bond donors (Lipinski definition) is 2. The molecule has 0 saturated carbocycles. The molecule has 2 aliphatic rings. The number of fused-ring (bicyclic) bond motifs is 1. The van der Waals surface area contributed by atoms with Crippen LogP contribution in [0.1, 0.15) is 11.1 Å². The van der Waals surface area contributed by atoms with E-state index in [4.69, 9.17) is 5.73 Å². The summed E-state index contributed by atoms with van der Waals surface area (Å²) in [6.45, 7) is 0.152. The van der Waals surface area contributed by atoms with Crippen LogP contribution in [0.4, 0.5) is 11.4 Å². The van der Waals surface area contributed by atoms with E-state index >= 15 is 0 Å². The Hall–Kier alpha value is -3.92. The summed E-state index contributed by atoms with van der Waals surface area (Å²) < 4.78 is 0. The van der Waals surface area contributed by atoms with Gasteiger partial charge in [0.2, 0.25) is 0 Å². The van der Waals surface area contributed by atoms with Crippen LogP contribution in [-0.2, 0) is 0 Å². The molecule has 30 heavy (non-hydrogen) atoms. The van der Waals surface area contributed by atoms with Crippen molar-refractivity contribution in [2.45, 2.75) is 0 Å². The van der Waals surface area contributed by atoms with Gasteiger partial charge in [-0.3, -0.25) is 0 Å². The normalized spacial score (nSPS) is 15.1. The summed E-state index contributed by atoms with van der Waals surface area (Å²) in [5, 5.41) is 3.67. The maximum absolute atomic E-state index is 6.29. The third kappa shape index (κ3) is 3.33. The molecule has 0 atom stereocenters. The Balaban J connectivity index is 1.75. The van der Waals surface area contributed by atoms with Crippen molar-refractivity contribution in [1.29, 1.82) is 0 Å². The fraction of sp³-hybridized carbons (Fsp3) is 0. The molecule has 0 spiro atoms. The molecule has 0 bridgehead atoms. The number of nitrogens with one attached hydrogen (secondary N) is 1. The maximum atomic E-state index is 6.29. The van der Waals surface area contributed by atoms with Gasteiger partial charge in [0, 0.05) is 0 Å². The lowest BCUT2D eigenvalue weighted by atomic mass is 9.55. The number of nitrogens with two attached hydrogens (primary N) is 1. The van der Waals surface area contributed by atoms with Gasteiger partial charge in [-0.15, -0.1) is 0 Å². The number of nitrogens with zero attached hydrogens (tertiary/aromatic N) is 1. The monoisotopic (exact) mass is 387 g/mol. The fourth-order valence-corrected chi connectivity index (χ4v) is 4.00. The van der Waals surface area contributed by atoms with Crippen LogP contribution < -0.4 is 11.1 Å². The molecule has 0 amide bonds. The van der Waals surface area contributed by atoms with E-state index in [1.807, 2.05) is 36.4 Å². The molecule has 3 aromatic carbocycles. The number of benzene rings is 3. The number of anilines is 2. The first-order valence-electron chi connectivity index (χ1n) is 10.1. The number of rotatable bonds is 4. The number of nitrogen functional groups attached to an aromatic ring is 1. The lowest BCUT2D eigenvalue weighted by Gasteiger charge is -2.37. The third-order valence-electron chi connectivity index (χ3n) is 5.44. The number of para-hydroxylation sites is 2. The van der Waals surface area contributed by atoms with Crippen LogP contribution in [0.5, 0.6) is 0 Å². The Kier molecular flexibility index (Phi) is 4.74. The van der Waals surface area contributed by atoms with E-state index in [0.717, 1.165) is 28.3 Å². The smallest absolute Gasteiger partial charge is 0.313 e. The van der Waals surface area contributed by atoms with Gasteiger partial charge in [-0.25, -0.2) is 0 Å². The molecule has 2 aliphatic heterocycles. The minimum Gasteiger partial charge on any atom is -0.397 e. The van der Waals surface area contributed by atoms with Crippen LogP contribution in [0, 0.1) is 0 Å². The average Bonchev–Trinajstić information content (AvgIpc) is 2.81. The largest absolute Gasteiger partial charge is 0.397 e. The van der Waals surface area contributed by atoms with Gasteiger partial charge in [0.05, 0.1) is 22.8 Å². The Morgan fingerprint density at radius 2 is 1.40 bits per heavy atom.